The summed E-state index contributed by atoms with van der Waals surface area (Å²) in [6.07, 6.45) is -1.44. The van der Waals surface area contributed by atoms with Crippen LogP contribution in [0.3, 0.4) is 0 Å². The van der Waals surface area contributed by atoms with E-state index < -0.39 is 65.2 Å². The lowest BCUT2D eigenvalue weighted by molar-refractivity contribution is -0.141. The molecule has 1 aromatic heterocycles. The molecule has 2 aliphatic heterocycles. The second-order valence-corrected chi connectivity index (χ2v) is 13.6. The first kappa shape index (κ1) is 32.8. The number of hydrogen-bond acceptors (Lipinski definition) is 9. The van der Waals surface area contributed by atoms with Crippen LogP contribution in [0.2, 0.25) is 0 Å². The Morgan fingerprint density at radius 3 is 2.58 bits per heavy atom. The zero-order valence-corrected chi connectivity index (χ0v) is 26.8. The Bertz CT molecular complexity index is 1480. The molecule has 0 unspecified atom stereocenters. The summed E-state index contributed by atoms with van der Waals surface area (Å²) in [5.74, 6) is -4.92. The Labute approximate surface area is 261 Å². The average Bonchev–Trinajstić information content (AvgIpc) is 3.44. The highest BCUT2D eigenvalue weighted by Crippen LogP contribution is 2.47. The number of rotatable bonds is 3. The van der Waals surface area contributed by atoms with Gasteiger partial charge >= 0.3 is 6.09 Å². The van der Waals surface area contributed by atoms with Gasteiger partial charge in [0.25, 0.3) is 5.92 Å². The minimum absolute atomic E-state index is 0.0867. The number of hydrogen-bond donors (Lipinski definition) is 1. The largest absolute Gasteiger partial charge is 0.497 e. The van der Waals surface area contributed by atoms with Crippen molar-refractivity contribution in [3.05, 3.63) is 23.9 Å². The molecular weight excluding hydrogens is 590 g/mol. The van der Waals surface area contributed by atoms with Crippen molar-refractivity contribution in [3.8, 4) is 11.6 Å². The first-order valence-corrected chi connectivity index (χ1v) is 15.4. The number of aromatic nitrogens is 2. The van der Waals surface area contributed by atoms with Gasteiger partial charge < -0.3 is 29.2 Å². The number of ketones is 1. The number of methoxy groups -OCH3 is 1. The third kappa shape index (κ3) is 6.54. The summed E-state index contributed by atoms with van der Waals surface area (Å²) in [6, 6.07) is 2.77. The Hall–Kier alpha value is -3.61. The summed E-state index contributed by atoms with van der Waals surface area (Å²) in [5.41, 5.74) is -1.75. The number of halogens is 2. The van der Waals surface area contributed by atoms with E-state index in [1.54, 1.807) is 45.9 Å². The summed E-state index contributed by atoms with van der Waals surface area (Å²) in [7, 11) is 1.48. The van der Waals surface area contributed by atoms with Gasteiger partial charge in [-0.3, -0.25) is 9.59 Å². The highest BCUT2D eigenvalue weighted by atomic mass is 19.3. The summed E-state index contributed by atoms with van der Waals surface area (Å²) < 4.78 is 54.7. The van der Waals surface area contributed by atoms with Crippen molar-refractivity contribution in [2.45, 2.75) is 90.5 Å². The molecule has 246 valence electrons. The molecule has 45 heavy (non-hydrogen) atoms. The molecule has 5 rings (SSSR count). The predicted molar refractivity (Wildman–Crippen MR) is 159 cm³/mol. The van der Waals surface area contributed by atoms with E-state index in [-0.39, 0.29) is 48.4 Å². The molecule has 1 aromatic carbocycles. The van der Waals surface area contributed by atoms with Gasteiger partial charge in [-0.1, -0.05) is 27.7 Å². The number of alkyl halides is 2. The summed E-state index contributed by atoms with van der Waals surface area (Å²) >= 11 is 0. The first-order chi connectivity index (χ1) is 21.1. The van der Waals surface area contributed by atoms with Gasteiger partial charge in [-0.15, -0.1) is 0 Å². The average molecular weight is 633 g/mol. The van der Waals surface area contributed by atoms with Crippen LogP contribution in [0.4, 0.5) is 13.6 Å². The van der Waals surface area contributed by atoms with Crippen molar-refractivity contribution < 1.29 is 42.1 Å². The number of carbonyl (C=O) groups excluding carboxylic acids is 3. The quantitative estimate of drug-likeness (QED) is 0.514. The van der Waals surface area contributed by atoms with Crippen LogP contribution in [0.5, 0.6) is 11.6 Å². The molecule has 2 aromatic rings. The molecule has 0 radical (unpaired) electrons. The Kier molecular flexibility index (Phi) is 8.71. The molecule has 1 aliphatic carbocycles. The minimum Gasteiger partial charge on any atom is -0.497 e. The van der Waals surface area contributed by atoms with E-state index in [2.05, 4.69) is 15.3 Å². The van der Waals surface area contributed by atoms with Gasteiger partial charge in [0, 0.05) is 24.3 Å². The maximum absolute atomic E-state index is 15.9. The van der Waals surface area contributed by atoms with Crippen LogP contribution < -0.4 is 14.8 Å². The van der Waals surface area contributed by atoms with Crippen molar-refractivity contribution >= 4 is 28.8 Å². The fraction of sp³-hybridized carbons (Fsp3) is 0.656. The molecule has 0 spiro atoms. The lowest BCUT2D eigenvalue weighted by Crippen LogP contribution is -2.57. The normalized spacial score (nSPS) is 30.6. The van der Waals surface area contributed by atoms with Crippen LogP contribution >= 0.6 is 0 Å². The lowest BCUT2D eigenvalue weighted by Gasteiger charge is -2.35. The van der Waals surface area contributed by atoms with Crippen LogP contribution in [-0.2, 0) is 25.0 Å². The second kappa shape index (κ2) is 12.0. The number of benzene rings is 1. The van der Waals surface area contributed by atoms with Gasteiger partial charge in [0.05, 0.1) is 43.9 Å². The number of alkyl carbamates (subject to hydrolysis) is 1. The molecule has 1 saturated heterocycles. The number of Topliss-reactive ketones (excluding diaryl/α,β-unsaturated/α-hetero) is 1. The maximum atomic E-state index is 15.9. The van der Waals surface area contributed by atoms with E-state index in [0.717, 1.165) is 0 Å². The van der Waals surface area contributed by atoms with Crippen LogP contribution in [0.25, 0.3) is 11.0 Å². The van der Waals surface area contributed by atoms with Crippen molar-refractivity contribution in [1.29, 1.82) is 0 Å². The molecule has 1 N–H and O–H groups in total. The molecule has 2 amide bonds. The SMILES string of the molecule is CC[C@@H]1[C@@H]2CN(C(=O)[C@H](C(C)(C)C)NC(=O)O[C@]3(C)C[C@H]3COCCC(F)(F)c3nc4ccc(OC)cc4nc3O2)[C@@H]1C(C)=O. The number of nitrogens with one attached hydrogen (secondary N) is 1. The number of carbonyl (C=O) groups is 3. The van der Waals surface area contributed by atoms with E-state index in [1.165, 1.54) is 18.9 Å². The fourth-order valence-corrected chi connectivity index (χ4v) is 6.35. The van der Waals surface area contributed by atoms with Crippen LogP contribution in [-0.4, -0.2) is 83.3 Å². The maximum Gasteiger partial charge on any atom is 0.408 e. The standard InChI is InChI=1S/C32H42F2N4O7/c1-8-20-23-15-38(24(20)17(2)39)28(40)26(30(3,4)5)37-29(41)45-31(6)14-18(31)16-43-12-11-32(33,34)25-27(44-23)36-22-13-19(42-7)9-10-21(22)35-25/h9-10,13,18,20,23-24,26H,8,11-12,14-16H2,1-7H3,(H,37,41)/t18-,20+,23-,24+,26+,31+/m0/s1. The Morgan fingerprint density at radius 1 is 1.20 bits per heavy atom. The van der Waals surface area contributed by atoms with E-state index >= 15 is 8.78 Å². The topological polar surface area (TPSA) is 129 Å². The molecule has 13 heteroatoms. The van der Waals surface area contributed by atoms with E-state index in [1.807, 2.05) is 6.92 Å². The minimum atomic E-state index is -3.49. The molecule has 2 bridgehead atoms. The molecule has 1 saturated carbocycles. The van der Waals surface area contributed by atoms with Gasteiger partial charge in [0.1, 0.15) is 23.5 Å². The van der Waals surface area contributed by atoms with Gasteiger partial charge in [-0.2, -0.15) is 8.78 Å². The monoisotopic (exact) mass is 632 g/mol. The third-order valence-corrected chi connectivity index (χ3v) is 9.15. The van der Waals surface area contributed by atoms with Crippen molar-refractivity contribution in [1.82, 2.24) is 20.2 Å². The highest BCUT2D eigenvalue weighted by molar-refractivity contribution is 5.92. The molecule has 3 aliphatic rings. The zero-order chi connectivity index (χ0) is 32.9. The zero-order valence-electron chi connectivity index (χ0n) is 26.8. The fourth-order valence-electron chi connectivity index (χ4n) is 6.35. The van der Waals surface area contributed by atoms with E-state index in [9.17, 15) is 14.4 Å². The van der Waals surface area contributed by atoms with Crippen LogP contribution in [0.15, 0.2) is 18.2 Å². The number of ether oxygens (including phenoxy) is 4. The molecule has 6 atom stereocenters. The summed E-state index contributed by atoms with van der Waals surface area (Å²) in [4.78, 5) is 50.5. The molecule has 11 nitrogen and oxygen atoms in total. The highest BCUT2D eigenvalue weighted by Gasteiger charge is 2.55. The van der Waals surface area contributed by atoms with Crippen molar-refractivity contribution in [2.24, 2.45) is 17.3 Å². The van der Waals surface area contributed by atoms with E-state index in [4.69, 9.17) is 18.9 Å². The smallest absolute Gasteiger partial charge is 0.408 e. The van der Waals surface area contributed by atoms with Gasteiger partial charge in [0.15, 0.2) is 11.5 Å². The van der Waals surface area contributed by atoms with Gasteiger partial charge in [-0.05, 0) is 44.2 Å². The predicted octanol–water partition coefficient (Wildman–Crippen LogP) is 4.64. The number of amides is 2. The van der Waals surface area contributed by atoms with Crippen molar-refractivity contribution in [3.63, 3.8) is 0 Å². The van der Waals surface area contributed by atoms with Crippen molar-refractivity contribution in [2.75, 3.05) is 26.9 Å². The number of nitrogens with zero attached hydrogens (tertiary/aromatic N) is 3. The van der Waals surface area contributed by atoms with Gasteiger partial charge in [-0.25, -0.2) is 14.8 Å². The van der Waals surface area contributed by atoms with Crippen LogP contribution in [0.1, 0.15) is 66.5 Å². The first-order valence-electron chi connectivity index (χ1n) is 15.4. The molecule has 3 heterocycles. The summed E-state index contributed by atoms with van der Waals surface area (Å²) in [6.45, 7) is 10.1. The molecule has 2 fully saturated rings. The third-order valence-electron chi connectivity index (χ3n) is 9.15. The van der Waals surface area contributed by atoms with Gasteiger partial charge in [0.2, 0.25) is 11.8 Å². The van der Waals surface area contributed by atoms with E-state index in [0.29, 0.717) is 18.6 Å². The molecular formula is C32H42F2N4O7. The Balaban J connectivity index is 1.60. The lowest BCUT2D eigenvalue weighted by atomic mass is 9.85. The number of fused-ring (bicyclic) bond motifs is 5. The Morgan fingerprint density at radius 2 is 1.93 bits per heavy atom. The van der Waals surface area contributed by atoms with Crippen LogP contribution in [0, 0.1) is 17.3 Å². The summed E-state index contributed by atoms with van der Waals surface area (Å²) in [5, 5.41) is 2.75. The second-order valence-electron chi connectivity index (χ2n) is 13.6.